The molecule has 8 atom stereocenters. The van der Waals surface area contributed by atoms with Gasteiger partial charge in [0.05, 0.1) is 0 Å². The van der Waals surface area contributed by atoms with Gasteiger partial charge in [-0.2, -0.15) is 0 Å². The van der Waals surface area contributed by atoms with Gasteiger partial charge in [0.1, 0.15) is 0 Å². The molecule has 160 valence electrons. The Balaban J connectivity index is 1.49. The Bertz CT molecular complexity index is 654. The zero-order valence-electron chi connectivity index (χ0n) is 18.1. The van der Waals surface area contributed by atoms with E-state index in [4.69, 9.17) is 9.79 Å². The van der Waals surface area contributed by atoms with Crippen molar-refractivity contribution in [2.24, 2.45) is 46.3 Å². The van der Waals surface area contributed by atoms with Crippen LogP contribution in [0.2, 0.25) is 0 Å². The summed E-state index contributed by atoms with van der Waals surface area (Å²) in [7, 11) is -4.02. The molecule has 0 amide bonds. The molecule has 4 rings (SSSR count). The van der Waals surface area contributed by atoms with Crippen LogP contribution in [0.15, 0.2) is 11.9 Å². The Labute approximate surface area is 171 Å². The predicted molar refractivity (Wildman–Crippen MR) is 115 cm³/mol. The molecule has 0 radical (unpaired) electrons. The molecule has 28 heavy (non-hydrogen) atoms. The van der Waals surface area contributed by atoms with Crippen LogP contribution in [0.25, 0.3) is 0 Å². The van der Waals surface area contributed by atoms with Gasteiger partial charge >= 0.3 is 7.60 Å². The maximum atomic E-state index is 11.1. The van der Waals surface area contributed by atoms with Gasteiger partial charge in [-0.05, 0) is 104 Å². The van der Waals surface area contributed by atoms with E-state index >= 15 is 0 Å². The van der Waals surface area contributed by atoms with Crippen LogP contribution in [-0.2, 0) is 4.57 Å². The summed E-state index contributed by atoms with van der Waals surface area (Å²) in [5.74, 6) is 6.08. The second-order valence-electron chi connectivity index (χ2n) is 11.3. The smallest absolute Gasteiger partial charge is 0.321 e. The summed E-state index contributed by atoms with van der Waals surface area (Å²) in [6.45, 7) is 7.54. The van der Waals surface area contributed by atoms with Crippen LogP contribution in [0.3, 0.4) is 0 Å². The molecule has 0 aliphatic heterocycles. The fourth-order valence-corrected chi connectivity index (χ4v) is 9.24. The van der Waals surface area contributed by atoms with Gasteiger partial charge in [0.25, 0.3) is 0 Å². The molecule has 0 aromatic heterocycles. The number of hydrogen-bond acceptors (Lipinski definition) is 1. The first-order valence-electron chi connectivity index (χ1n) is 11.9. The van der Waals surface area contributed by atoms with E-state index in [1.165, 1.54) is 64.2 Å². The Morgan fingerprint density at radius 3 is 2.46 bits per heavy atom. The van der Waals surface area contributed by atoms with Gasteiger partial charge in [-0.3, -0.25) is 4.57 Å². The molecule has 0 spiro atoms. The molecule has 4 aliphatic rings. The average Bonchev–Trinajstić information content (AvgIpc) is 2.97. The number of hydrogen-bond donors (Lipinski definition) is 2. The van der Waals surface area contributed by atoms with Crippen LogP contribution in [0.5, 0.6) is 0 Å². The van der Waals surface area contributed by atoms with E-state index in [2.05, 4.69) is 20.8 Å². The van der Waals surface area contributed by atoms with Gasteiger partial charge in [0.2, 0.25) is 0 Å². The average molecular weight is 409 g/mol. The molecule has 1 unspecified atom stereocenters. The van der Waals surface area contributed by atoms with E-state index in [1.807, 2.05) is 0 Å². The van der Waals surface area contributed by atoms with E-state index < -0.39 is 7.60 Å². The number of rotatable bonds is 4. The van der Waals surface area contributed by atoms with Crippen LogP contribution >= 0.6 is 7.60 Å². The highest BCUT2D eigenvalue weighted by molar-refractivity contribution is 7.55. The zero-order valence-corrected chi connectivity index (χ0v) is 19.0. The molecule has 4 saturated carbocycles. The molecule has 0 aromatic carbocycles. The molecular weight excluding hydrogens is 367 g/mol. The maximum Gasteiger partial charge on any atom is 0.348 e. The Kier molecular flexibility index (Phi) is 5.69. The minimum absolute atomic E-state index is 0.439. The minimum atomic E-state index is -4.02. The Morgan fingerprint density at radius 1 is 0.964 bits per heavy atom. The third-order valence-electron chi connectivity index (χ3n) is 10.2. The lowest BCUT2D eigenvalue weighted by Gasteiger charge is -2.61. The summed E-state index contributed by atoms with van der Waals surface area (Å²) in [5.41, 5.74) is 1.05. The topological polar surface area (TPSA) is 57.5 Å². The van der Waals surface area contributed by atoms with E-state index in [9.17, 15) is 4.57 Å². The van der Waals surface area contributed by atoms with Crippen LogP contribution in [0.1, 0.15) is 91.4 Å². The molecule has 4 aliphatic carbocycles. The SMILES string of the molecule is C[C@H](CC=CP(=O)(O)O)[C@H]1CC[C@H]2[C@@H]3CCC4CCCC[C@]4(C)[C@H]3CC[C@]12C. The first-order chi connectivity index (χ1) is 13.2. The molecule has 3 nitrogen and oxygen atoms in total. The summed E-state index contributed by atoms with van der Waals surface area (Å²) < 4.78 is 11.1. The van der Waals surface area contributed by atoms with Crippen molar-refractivity contribution in [2.75, 3.05) is 0 Å². The van der Waals surface area contributed by atoms with E-state index in [1.54, 1.807) is 6.08 Å². The highest BCUT2D eigenvalue weighted by Gasteiger charge is 2.59. The van der Waals surface area contributed by atoms with E-state index in [0.717, 1.165) is 35.9 Å². The van der Waals surface area contributed by atoms with E-state index in [0.29, 0.717) is 22.7 Å². The minimum Gasteiger partial charge on any atom is -0.321 e. The Hall–Kier alpha value is -0.110. The van der Waals surface area contributed by atoms with Crippen LogP contribution in [-0.4, -0.2) is 9.79 Å². The molecule has 4 heteroatoms. The van der Waals surface area contributed by atoms with Gasteiger partial charge in [-0.25, -0.2) is 0 Å². The molecular formula is C24H41O3P. The van der Waals surface area contributed by atoms with Crippen LogP contribution in [0.4, 0.5) is 0 Å². The van der Waals surface area contributed by atoms with Crippen molar-refractivity contribution in [3.63, 3.8) is 0 Å². The van der Waals surface area contributed by atoms with Crippen molar-refractivity contribution in [1.29, 1.82) is 0 Å². The fourth-order valence-electron chi connectivity index (χ4n) is 8.85. The molecule has 4 fully saturated rings. The van der Waals surface area contributed by atoms with Crippen LogP contribution in [0, 0.1) is 46.3 Å². The number of allylic oxidation sites excluding steroid dienone is 1. The summed E-state index contributed by atoms with van der Waals surface area (Å²) in [5, 5.41) is 0. The first-order valence-corrected chi connectivity index (χ1v) is 13.6. The number of fused-ring (bicyclic) bond motifs is 5. The monoisotopic (exact) mass is 408 g/mol. The molecule has 0 aromatic rings. The Morgan fingerprint density at radius 2 is 1.71 bits per heavy atom. The lowest BCUT2D eigenvalue weighted by atomic mass is 9.44. The summed E-state index contributed by atoms with van der Waals surface area (Å²) in [4.78, 5) is 18.2. The standard InChI is InChI=1S/C24H41O3P/c1-17(7-6-16-28(25,26)27)20-11-12-21-19-10-9-18-8-4-5-14-23(18,2)22(19)13-15-24(20,21)3/h6,16-22H,4-5,7-15H2,1-3H3,(H2,25,26,27)/t17-,18?,19+,20-,21+,22+,23+,24-/m1/s1. The lowest BCUT2D eigenvalue weighted by molar-refractivity contribution is -0.114. The quantitative estimate of drug-likeness (QED) is 0.506. The lowest BCUT2D eigenvalue weighted by Crippen LogP contribution is -2.53. The van der Waals surface area contributed by atoms with Crippen molar-refractivity contribution >= 4 is 7.60 Å². The van der Waals surface area contributed by atoms with Crippen molar-refractivity contribution < 1.29 is 14.4 Å². The molecule has 0 saturated heterocycles. The van der Waals surface area contributed by atoms with Crippen molar-refractivity contribution in [3.8, 4) is 0 Å². The summed E-state index contributed by atoms with van der Waals surface area (Å²) >= 11 is 0. The van der Waals surface area contributed by atoms with Crippen LogP contribution < -0.4 is 0 Å². The molecule has 2 N–H and O–H groups in total. The van der Waals surface area contributed by atoms with Gasteiger partial charge in [0, 0.05) is 5.82 Å². The van der Waals surface area contributed by atoms with E-state index in [-0.39, 0.29) is 0 Å². The third kappa shape index (κ3) is 3.58. The fraction of sp³-hybridized carbons (Fsp3) is 0.917. The first kappa shape index (κ1) is 21.1. The third-order valence-corrected chi connectivity index (χ3v) is 10.8. The highest BCUT2D eigenvalue weighted by atomic mass is 31.2. The van der Waals surface area contributed by atoms with Crippen molar-refractivity contribution in [1.82, 2.24) is 0 Å². The normalized spacial score (nSPS) is 47.4. The van der Waals surface area contributed by atoms with Gasteiger partial charge in [-0.1, -0.05) is 39.7 Å². The maximum absolute atomic E-state index is 11.1. The van der Waals surface area contributed by atoms with Crippen molar-refractivity contribution in [2.45, 2.75) is 91.4 Å². The second kappa shape index (κ2) is 7.54. The molecule has 0 bridgehead atoms. The zero-order chi connectivity index (χ0) is 20.2. The second-order valence-corrected chi connectivity index (χ2v) is 12.8. The highest BCUT2D eigenvalue weighted by Crippen LogP contribution is 2.68. The predicted octanol–water partition coefficient (Wildman–Crippen LogP) is 6.75. The largest absolute Gasteiger partial charge is 0.348 e. The summed E-state index contributed by atoms with van der Waals surface area (Å²) in [6.07, 6.45) is 16.8. The van der Waals surface area contributed by atoms with Gasteiger partial charge in [0.15, 0.2) is 0 Å². The van der Waals surface area contributed by atoms with Gasteiger partial charge < -0.3 is 9.79 Å². The van der Waals surface area contributed by atoms with Gasteiger partial charge in [-0.15, -0.1) is 0 Å². The summed E-state index contributed by atoms with van der Waals surface area (Å²) in [6, 6.07) is 0. The van der Waals surface area contributed by atoms with Crippen molar-refractivity contribution in [3.05, 3.63) is 11.9 Å². The molecule has 0 heterocycles.